The molecule has 6 nitrogen and oxygen atoms in total. The molecule has 1 fully saturated rings. The number of hydrogen-bond donors (Lipinski definition) is 1. The summed E-state index contributed by atoms with van der Waals surface area (Å²) >= 11 is 0. The van der Waals surface area contributed by atoms with Crippen LogP contribution in [0.25, 0.3) is 0 Å². The smallest absolute Gasteiger partial charge is 0.337 e. The average molecular weight is 313 g/mol. The summed E-state index contributed by atoms with van der Waals surface area (Å²) in [7, 11) is -0.896. The molecule has 1 aliphatic carbocycles. The predicted molar refractivity (Wildman–Crippen MR) is 76.3 cm³/mol. The van der Waals surface area contributed by atoms with E-state index in [1.54, 1.807) is 0 Å². The second kappa shape index (κ2) is 6.13. The Labute approximate surface area is 124 Å². The van der Waals surface area contributed by atoms with Crippen molar-refractivity contribution in [2.75, 3.05) is 20.7 Å². The van der Waals surface area contributed by atoms with E-state index in [-0.39, 0.29) is 22.5 Å². The first-order valence-corrected chi connectivity index (χ1v) is 8.11. The summed E-state index contributed by atoms with van der Waals surface area (Å²) in [4.78, 5) is 11.5. The normalized spacial score (nSPS) is 21.9. The molecule has 2 rings (SSSR count). The van der Waals surface area contributed by atoms with Gasteiger partial charge in [0.25, 0.3) is 0 Å². The Morgan fingerprint density at radius 2 is 2.10 bits per heavy atom. The molecule has 116 valence electrons. The first-order chi connectivity index (χ1) is 9.84. The average Bonchev–Trinajstić information content (AvgIpc) is 2.44. The van der Waals surface area contributed by atoms with Crippen LogP contribution in [-0.4, -0.2) is 50.6 Å². The van der Waals surface area contributed by atoms with Crippen molar-refractivity contribution in [3.63, 3.8) is 0 Å². The summed E-state index contributed by atoms with van der Waals surface area (Å²) in [6.45, 7) is 0.363. The molecular weight excluding hydrogens is 294 g/mol. The van der Waals surface area contributed by atoms with E-state index in [9.17, 15) is 18.3 Å². The van der Waals surface area contributed by atoms with Crippen molar-refractivity contribution in [3.05, 3.63) is 29.8 Å². The van der Waals surface area contributed by atoms with Crippen molar-refractivity contribution in [1.82, 2.24) is 4.31 Å². The van der Waals surface area contributed by atoms with E-state index >= 15 is 0 Å². The molecular formula is C14H19NO5S. The summed E-state index contributed by atoms with van der Waals surface area (Å²) in [5, 5.41) is 9.26. The minimum absolute atomic E-state index is 0.0628. The topological polar surface area (TPSA) is 83.9 Å². The molecule has 1 N–H and O–H groups in total. The van der Waals surface area contributed by atoms with E-state index in [0.29, 0.717) is 19.4 Å². The maximum Gasteiger partial charge on any atom is 0.337 e. The number of carbonyl (C=O) groups is 1. The number of carbonyl (C=O) groups excluding carboxylic acids is 1. The molecule has 0 radical (unpaired) electrons. The second-order valence-electron chi connectivity index (χ2n) is 5.30. The quantitative estimate of drug-likeness (QED) is 0.815. The van der Waals surface area contributed by atoms with Gasteiger partial charge in [-0.1, -0.05) is 6.07 Å². The number of aliphatic hydroxyl groups excluding tert-OH is 1. The van der Waals surface area contributed by atoms with E-state index in [0.717, 1.165) is 0 Å². The molecule has 0 heterocycles. The van der Waals surface area contributed by atoms with Crippen LogP contribution >= 0.6 is 0 Å². The molecule has 0 atom stereocenters. The maximum atomic E-state index is 12.5. The van der Waals surface area contributed by atoms with Gasteiger partial charge in [-0.3, -0.25) is 0 Å². The zero-order valence-electron chi connectivity index (χ0n) is 12.0. The summed E-state index contributed by atoms with van der Waals surface area (Å²) in [6, 6.07) is 5.79. The number of benzene rings is 1. The number of methoxy groups -OCH3 is 1. The monoisotopic (exact) mass is 313 g/mol. The van der Waals surface area contributed by atoms with Crippen LogP contribution < -0.4 is 0 Å². The lowest BCUT2D eigenvalue weighted by Crippen LogP contribution is -2.39. The zero-order chi connectivity index (χ0) is 15.6. The van der Waals surface area contributed by atoms with Crippen molar-refractivity contribution in [2.24, 2.45) is 5.92 Å². The molecule has 21 heavy (non-hydrogen) atoms. The van der Waals surface area contributed by atoms with Crippen molar-refractivity contribution >= 4 is 16.0 Å². The Balaban J connectivity index is 2.16. The fourth-order valence-corrected chi connectivity index (χ4v) is 3.69. The van der Waals surface area contributed by atoms with E-state index in [1.807, 2.05) is 0 Å². The molecule has 0 aliphatic heterocycles. The standard InChI is InChI=1S/C14H19NO5S/c1-15(9-10-6-12(16)7-10)21(18,19)13-5-3-4-11(8-13)14(17)20-2/h3-5,8,10,12,16H,6-7,9H2,1-2H3. The molecule has 0 bridgehead atoms. The molecule has 0 saturated heterocycles. The van der Waals surface area contributed by atoms with Gasteiger partial charge in [0.2, 0.25) is 10.0 Å². The van der Waals surface area contributed by atoms with Crippen LogP contribution in [0.15, 0.2) is 29.2 Å². The van der Waals surface area contributed by atoms with Gasteiger partial charge in [0.15, 0.2) is 0 Å². The van der Waals surface area contributed by atoms with Crippen LogP contribution in [0.5, 0.6) is 0 Å². The Bertz CT molecular complexity index is 622. The molecule has 1 aliphatic rings. The summed E-state index contributed by atoms with van der Waals surface area (Å²) in [5.41, 5.74) is 0.200. The molecule has 0 spiro atoms. The lowest BCUT2D eigenvalue weighted by Gasteiger charge is -2.34. The van der Waals surface area contributed by atoms with Crippen molar-refractivity contribution < 1.29 is 23.1 Å². The van der Waals surface area contributed by atoms with E-state index in [1.165, 1.54) is 42.7 Å². The van der Waals surface area contributed by atoms with E-state index < -0.39 is 16.0 Å². The predicted octanol–water partition coefficient (Wildman–Crippen LogP) is 0.865. The number of ether oxygens (including phenoxy) is 1. The maximum absolute atomic E-state index is 12.5. The van der Waals surface area contributed by atoms with Gasteiger partial charge in [-0.25, -0.2) is 17.5 Å². The molecule has 1 aromatic carbocycles. The molecule has 0 amide bonds. The molecule has 1 saturated carbocycles. The van der Waals surface area contributed by atoms with Gasteiger partial charge >= 0.3 is 5.97 Å². The molecule has 0 unspecified atom stereocenters. The van der Waals surface area contributed by atoms with Gasteiger partial charge in [0.1, 0.15) is 0 Å². The van der Waals surface area contributed by atoms with Crippen LogP contribution in [0.4, 0.5) is 0 Å². The van der Waals surface area contributed by atoms with Gasteiger partial charge in [-0.05, 0) is 37.0 Å². The minimum atomic E-state index is -3.65. The lowest BCUT2D eigenvalue weighted by atomic mass is 9.82. The van der Waals surface area contributed by atoms with Crippen LogP contribution in [0.2, 0.25) is 0 Å². The highest BCUT2D eigenvalue weighted by Gasteiger charge is 2.31. The van der Waals surface area contributed by atoms with Crippen LogP contribution in [-0.2, 0) is 14.8 Å². The number of esters is 1. The highest BCUT2D eigenvalue weighted by atomic mass is 32.2. The van der Waals surface area contributed by atoms with Gasteiger partial charge in [-0.2, -0.15) is 0 Å². The van der Waals surface area contributed by atoms with Crippen LogP contribution in [0, 0.1) is 5.92 Å². The fraction of sp³-hybridized carbons (Fsp3) is 0.500. The van der Waals surface area contributed by atoms with Gasteiger partial charge in [-0.15, -0.1) is 0 Å². The van der Waals surface area contributed by atoms with Gasteiger partial charge in [0, 0.05) is 13.6 Å². The Kier molecular flexibility index (Phi) is 4.65. The van der Waals surface area contributed by atoms with Crippen LogP contribution in [0.1, 0.15) is 23.2 Å². The van der Waals surface area contributed by atoms with E-state index in [4.69, 9.17) is 0 Å². The largest absolute Gasteiger partial charge is 0.465 e. The number of hydrogen-bond acceptors (Lipinski definition) is 5. The number of nitrogens with zero attached hydrogens (tertiary/aromatic N) is 1. The third-order valence-electron chi connectivity index (χ3n) is 3.69. The summed E-state index contributed by atoms with van der Waals surface area (Å²) in [6.07, 6.45) is 0.943. The molecule has 1 aromatic rings. The first-order valence-electron chi connectivity index (χ1n) is 6.67. The van der Waals surface area contributed by atoms with Crippen LogP contribution in [0.3, 0.4) is 0 Å². The zero-order valence-corrected chi connectivity index (χ0v) is 12.8. The van der Waals surface area contributed by atoms with Gasteiger partial charge < -0.3 is 9.84 Å². The Morgan fingerprint density at radius 1 is 1.43 bits per heavy atom. The Morgan fingerprint density at radius 3 is 2.67 bits per heavy atom. The fourth-order valence-electron chi connectivity index (χ4n) is 2.39. The van der Waals surface area contributed by atoms with Crippen molar-refractivity contribution in [1.29, 1.82) is 0 Å². The van der Waals surface area contributed by atoms with Crippen molar-refractivity contribution in [3.8, 4) is 0 Å². The minimum Gasteiger partial charge on any atom is -0.465 e. The van der Waals surface area contributed by atoms with Crippen molar-refractivity contribution in [2.45, 2.75) is 23.8 Å². The Hall–Kier alpha value is -1.44. The number of rotatable bonds is 5. The highest BCUT2D eigenvalue weighted by molar-refractivity contribution is 7.89. The summed E-state index contributed by atoms with van der Waals surface area (Å²) < 4.78 is 30.8. The highest BCUT2D eigenvalue weighted by Crippen LogP contribution is 2.29. The first kappa shape index (κ1) is 15.9. The van der Waals surface area contributed by atoms with Gasteiger partial charge in [0.05, 0.1) is 23.7 Å². The SMILES string of the molecule is COC(=O)c1cccc(S(=O)(=O)N(C)CC2CC(O)C2)c1. The summed E-state index contributed by atoms with van der Waals surface area (Å²) in [5.74, 6) is -0.389. The lowest BCUT2D eigenvalue weighted by molar-refractivity contribution is 0.0367. The number of aliphatic hydroxyl groups is 1. The second-order valence-corrected chi connectivity index (χ2v) is 7.34. The third-order valence-corrected chi connectivity index (χ3v) is 5.51. The molecule has 0 aromatic heterocycles. The number of sulfonamides is 1. The molecule has 7 heteroatoms. The third kappa shape index (κ3) is 3.42. The van der Waals surface area contributed by atoms with E-state index in [2.05, 4.69) is 4.74 Å².